The summed E-state index contributed by atoms with van der Waals surface area (Å²) in [5, 5.41) is 0. The molecule has 0 aromatic carbocycles. The van der Waals surface area contributed by atoms with Gasteiger partial charge >= 0.3 is 0 Å². The highest BCUT2D eigenvalue weighted by Crippen LogP contribution is 2.26. The van der Waals surface area contributed by atoms with Crippen molar-refractivity contribution in [2.24, 2.45) is 5.73 Å². The van der Waals surface area contributed by atoms with Gasteiger partial charge in [0, 0.05) is 32.2 Å². The molecule has 4 nitrogen and oxygen atoms in total. The van der Waals surface area contributed by atoms with Gasteiger partial charge in [0.25, 0.3) is 0 Å². The summed E-state index contributed by atoms with van der Waals surface area (Å²) < 4.78 is 0. The SMILES string of the molecule is NCCN(CC(=O)N1CCCCC1)C1CC1. The highest BCUT2D eigenvalue weighted by atomic mass is 16.2. The average molecular weight is 225 g/mol. The molecule has 1 aliphatic heterocycles. The molecule has 0 bridgehead atoms. The largest absolute Gasteiger partial charge is 0.342 e. The Morgan fingerprint density at radius 1 is 1.25 bits per heavy atom. The third-order valence-corrected chi connectivity index (χ3v) is 3.53. The summed E-state index contributed by atoms with van der Waals surface area (Å²) in [6.45, 7) is 4.02. The van der Waals surface area contributed by atoms with Gasteiger partial charge in [-0.1, -0.05) is 0 Å². The number of hydrogen-bond donors (Lipinski definition) is 1. The number of nitrogens with two attached hydrogens (primary N) is 1. The van der Waals surface area contributed by atoms with Crippen molar-refractivity contribution < 1.29 is 4.79 Å². The van der Waals surface area contributed by atoms with Crippen LogP contribution in [0.1, 0.15) is 32.1 Å². The fourth-order valence-electron chi connectivity index (χ4n) is 2.41. The molecule has 2 rings (SSSR count). The first kappa shape index (κ1) is 11.9. The molecule has 1 amide bonds. The molecule has 2 N–H and O–H groups in total. The van der Waals surface area contributed by atoms with E-state index in [1.54, 1.807) is 0 Å². The van der Waals surface area contributed by atoms with Crippen molar-refractivity contribution in [3.8, 4) is 0 Å². The lowest BCUT2D eigenvalue weighted by molar-refractivity contribution is -0.133. The van der Waals surface area contributed by atoms with Gasteiger partial charge in [0.05, 0.1) is 6.54 Å². The van der Waals surface area contributed by atoms with Crippen LogP contribution in [0.3, 0.4) is 0 Å². The van der Waals surface area contributed by atoms with E-state index in [0.717, 1.165) is 19.6 Å². The maximum atomic E-state index is 12.1. The van der Waals surface area contributed by atoms with Crippen LogP contribution in [0.2, 0.25) is 0 Å². The molecule has 92 valence electrons. The minimum Gasteiger partial charge on any atom is -0.342 e. The van der Waals surface area contributed by atoms with Crippen LogP contribution in [0, 0.1) is 0 Å². The summed E-state index contributed by atoms with van der Waals surface area (Å²) >= 11 is 0. The summed E-state index contributed by atoms with van der Waals surface area (Å²) in [7, 11) is 0. The second-order valence-corrected chi connectivity index (χ2v) is 4.93. The van der Waals surface area contributed by atoms with E-state index in [-0.39, 0.29) is 0 Å². The highest BCUT2D eigenvalue weighted by molar-refractivity contribution is 5.78. The second-order valence-electron chi connectivity index (χ2n) is 4.93. The fraction of sp³-hybridized carbons (Fsp3) is 0.917. The van der Waals surface area contributed by atoms with Gasteiger partial charge in [-0.3, -0.25) is 9.69 Å². The van der Waals surface area contributed by atoms with E-state index < -0.39 is 0 Å². The monoisotopic (exact) mass is 225 g/mol. The molecular formula is C12H23N3O. The van der Waals surface area contributed by atoms with Crippen molar-refractivity contribution in [1.29, 1.82) is 0 Å². The zero-order valence-electron chi connectivity index (χ0n) is 10.0. The van der Waals surface area contributed by atoms with Crippen molar-refractivity contribution in [2.45, 2.75) is 38.1 Å². The Hall–Kier alpha value is -0.610. The smallest absolute Gasteiger partial charge is 0.236 e. The molecule has 1 aliphatic carbocycles. The van der Waals surface area contributed by atoms with Gasteiger partial charge in [0.2, 0.25) is 5.91 Å². The molecule has 4 heteroatoms. The van der Waals surface area contributed by atoms with Crippen LogP contribution in [-0.4, -0.2) is 54.5 Å². The summed E-state index contributed by atoms with van der Waals surface area (Å²) in [5.74, 6) is 0.306. The summed E-state index contributed by atoms with van der Waals surface area (Å²) in [4.78, 5) is 16.3. The molecule has 0 unspecified atom stereocenters. The van der Waals surface area contributed by atoms with Gasteiger partial charge in [-0.15, -0.1) is 0 Å². The van der Waals surface area contributed by atoms with Crippen molar-refractivity contribution in [2.75, 3.05) is 32.7 Å². The van der Waals surface area contributed by atoms with Gasteiger partial charge in [-0.25, -0.2) is 0 Å². The maximum Gasteiger partial charge on any atom is 0.236 e. The van der Waals surface area contributed by atoms with Crippen LogP contribution in [0.25, 0.3) is 0 Å². The molecular weight excluding hydrogens is 202 g/mol. The first-order valence-corrected chi connectivity index (χ1v) is 6.53. The predicted octanol–water partition coefficient (Wildman–Crippen LogP) is 0.422. The van der Waals surface area contributed by atoms with E-state index in [1.165, 1.54) is 32.1 Å². The lowest BCUT2D eigenvalue weighted by Crippen LogP contribution is -2.44. The third-order valence-electron chi connectivity index (χ3n) is 3.53. The predicted molar refractivity (Wildman–Crippen MR) is 64.1 cm³/mol. The molecule has 16 heavy (non-hydrogen) atoms. The van der Waals surface area contributed by atoms with Crippen molar-refractivity contribution in [3.05, 3.63) is 0 Å². The Kier molecular flexibility index (Phi) is 4.18. The van der Waals surface area contributed by atoms with Gasteiger partial charge in [0.15, 0.2) is 0 Å². The zero-order chi connectivity index (χ0) is 11.4. The van der Waals surface area contributed by atoms with Crippen molar-refractivity contribution in [3.63, 3.8) is 0 Å². The summed E-state index contributed by atoms with van der Waals surface area (Å²) in [5.41, 5.74) is 5.58. The van der Waals surface area contributed by atoms with Crippen molar-refractivity contribution >= 4 is 5.91 Å². The standard InChI is InChI=1S/C12H23N3O/c13-6-9-15(11-4-5-11)10-12(16)14-7-2-1-3-8-14/h11H,1-10,13H2. The van der Waals surface area contributed by atoms with Gasteiger partial charge < -0.3 is 10.6 Å². The molecule has 0 aromatic rings. The fourth-order valence-corrected chi connectivity index (χ4v) is 2.41. The molecule has 0 aromatic heterocycles. The number of rotatable bonds is 5. The molecule has 1 saturated carbocycles. The Bertz CT molecular complexity index is 234. The number of carbonyl (C=O) groups excluding carboxylic acids is 1. The lowest BCUT2D eigenvalue weighted by Gasteiger charge is -2.29. The molecule has 0 radical (unpaired) electrons. The maximum absolute atomic E-state index is 12.1. The average Bonchev–Trinajstić information content (AvgIpc) is 3.13. The topological polar surface area (TPSA) is 49.6 Å². The van der Waals surface area contributed by atoms with Crippen molar-refractivity contribution in [1.82, 2.24) is 9.80 Å². The van der Waals surface area contributed by atoms with Gasteiger partial charge in [0.1, 0.15) is 0 Å². The Morgan fingerprint density at radius 3 is 2.50 bits per heavy atom. The highest BCUT2D eigenvalue weighted by Gasteiger charge is 2.30. The summed E-state index contributed by atoms with van der Waals surface area (Å²) in [6.07, 6.45) is 6.11. The number of carbonyl (C=O) groups is 1. The van der Waals surface area contributed by atoms with Crippen LogP contribution in [0.5, 0.6) is 0 Å². The van der Waals surface area contributed by atoms with Crippen LogP contribution in [0.4, 0.5) is 0 Å². The van der Waals surface area contributed by atoms with E-state index in [2.05, 4.69) is 4.90 Å². The van der Waals surface area contributed by atoms with E-state index in [1.807, 2.05) is 4.90 Å². The van der Waals surface area contributed by atoms with Crippen LogP contribution < -0.4 is 5.73 Å². The molecule has 1 heterocycles. The number of nitrogens with zero attached hydrogens (tertiary/aromatic N) is 2. The number of hydrogen-bond acceptors (Lipinski definition) is 3. The number of piperidine rings is 1. The molecule has 2 aliphatic rings. The van der Waals surface area contributed by atoms with Gasteiger partial charge in [-0.2, -0.15) is 0 Å². The third kappa shape index (κ3) is 3.19. The molecule has 2 fully saturated rings. The van der Waals surface area contributed by atoms with E-state index in [4.69, 9.17) is 5.73 Å². The first-order valence-electron chi connectivity index (χ1n) is 6.53. The second kappa shape index (κ2) is 5.64. The molecule has 1 saturated heterocycles. The van der Waals surface area contributed by atoms with Crippen LogP contribution in [0.15, 0.2) is 0 Å². The molecule has 0 atom stereocenters. The van der Waals surface area contributed by atoms with Crippen LogP contribution >= 0.6 is 0 Å². The van der Waals surface area contributed by atoms with E-state index in [9.17, 15) is 4.79 Å². The zero-order valence-corrected chi connectivity index (χ0v) is 10.0. The minimum absolute atomic E-state index is 0.306. The van der Waals surface area contributed by atoms with E-state index >= 15 is 0 Å². The number of amides is 1. The Morgan fingerprint density at radius 2 is 1.94 bits per heavy atom. The lowest BCUT2D eigenvalue weighted by atomic mass is 10.1. The summed E-state index contributed by atoms with van der Waals surface area (Å²) in [6, 6.07) is 0.636. The molecule has 0 spiro atoms. The van der Waals surface area contributed by atoms with E-state index in [0.29, 0.717) is 25.0 Å². The Balaban J connectivity index is 1.79. The normalized spacial score (nSPS) is 21.5. The first-order chi connectivity index (χ1) is 7.81. The minimum atomic E-state index is 0.306. The quantitative estimate of drug-likeness (QED) is 0.738. The number of likely N-dealkylation sites (tertiary alicyclic amines) is 1. The Labute approximate surface area is 97.8 Å². The van der Waals surface area contributed by atoms with Crippen LogP contribution in [-0.2, 0) is 4.79 Å². The van der Waals surface area contributed by atoms with Gasteiger partial charge in [-0.05, 0) is 32.1 Å².